The van der Waals surface area contributed by atoms with Crippen molar-refractivity contribution < 1.29 is 28.6 Å². The van der Waals surface area contributed by atoms with Crippen LogP contribution in [0.2, 0.25) is 0 Å². The van der Waals surface area contributed by atoms with Gasteiger partial charge in [0.05, 0.1) is 6.54 Å². The Morgan fingerprint density at radius 2 is 1.45 bits per heavy atom. The van der Waals surface area contributed by atoms with E-state index in [9.17, 15) is 14.4 Å². The maximum Gasteiger partial charge on any atom is 0.419 e. The molecule has 0 unspecified atom stereocenters. The van der Waals surface area contributed by atoms with Crippen LogP contribution in [0.15, 0.2) is 23.8 Å². The smallest absolute Gasteiger partial charge is 0.419 e. The van der Waals surface area contributed by atoms with Crippen molar-refractivity contribution in [2.75, 3.05) is 26.7 Å². The van der Waals surface area contributed by atoms with Crippen molar-refractivity contribution in [1.29, 1.82) is 0 Å². The zero-order valence-electron chi connectivity index (χ0n) is 18.6. The molecule has 1 aliphatic carbocycles. The molecule has 1 aliphatic rings. The average Bonchev–Trinajstić information content (AvgIpc) is 2.57. The van der Waals surface area contributed by atoms with Crippen LogP contribution in [0.25, 0.3) is 0 Å². The Morgan fingerprint density at radius 1 is 0.897 bits per heavy atom. The third-order valence-corrected chi connectivity index (χ3v) is 3.63. The number of hydrogen-bond donors (Lipinski definition) is 0. The predicted octanol–water partition coefficient (Wildman–Crippen LogP) is 4.50. The molecule has 0 spiro atoms. The summed E-state index contributed by atoms with van der Waals surface area (Å²) in [5.74, 6) is 0. The number of hydrogen-bond acceptors (Lipinski definition) is 6. The molecule has 8 nitrogen and oxygen atoms in total. The molecule has 1 rings (SSSR count). The highest BCUT2D eigenvalue weighted by Gasteiger charge is 2.31. The van der Waals surface area contributed by atoms with Crippen molar-refractivity contribution in [2.24, 2.45) is 0 Å². The summed E-state index contributed by atoms with van der Waals surface area (Å²) in [4.78, 5) is 39.3. The Kier molecular flexibility index (Phi) is 8.73. The lowest BCUT2D eigenvalue weighted by Crippen LogP contribution is -2.47. The fourth-order valence-electron chi connectivity index (χ4n) is 2.26. The lowest BCUT2D eigenvalue weighted by molar-refractivity contribution is 0.0000499. The van der Waals surface area contributed by atoms with Crippen LogP contribution in [0, 0.1) is 0 Å². The number of likely N-dealkylation sites (N-methyl/N-ethyl adjacent to an activating group) is 1. The van der Waals surface area contributed by atoms with E-state index in [1.54, 1.807) is 41.5 Å². The number of amides is 3. The van der Waals surface area contributed by atoms with Crippen LogP contribution < -0.4 is 0 Å². The summed E-state index contributed by atoms with van der Waals surface area (Å²) in [5.41, 5.74) is -0.602. The maximum absolute atomic E-state index is 12.5. The average molecular weight is 411 g/mol. The monoisotopic (exact) mass is 410 g/mol. The molecule has 0 saturated carbocycles. The molecule has 8 heteroatoms. The number of rotatable bonds is 5. The third-order valence-electron chi connectivity index (χ3n) is 3.63. The van der Waals surface area contributed by atoms with E-state index < -0.39 is 29.5 Å². The topological polar surface area (TPSA) is 85.4 Å². The first-order chi connectivity index (χ1) is 13.3. The zero-order chi connectivity index (χ0) is 22.2. The van der Waals surface area contributed by atoms with E-state index in [0.717, 1.165) is 23.3 Å². The van der Waals surface area contributed by atoms with E-state index in [4.69, 9.17) is 14.2 Å². The number of allylic oxidation sites excluding steroid dienone is 2. The van der Waals surface area contributed by atoms with Gasteiger partial charge in [-0.15, -0.1) is 0 Å². The molecule has 0 bridgehead atoms. The van der Waals surface area contributed by atoms with Gasteiger partial charge in [0.15, 0.2) is 0 Å². The lowest BCUT2D eigenvalue weighted by Gasteiger charge is -2.29. The molecule has 0 aromatic carbocycles. The summed E-state index contributed by atoms with van der Waals surface area (Å²) in [6, 6.07) is 0. The Bertz CT molecular complexity index is 627. The number of carbonyl (C=O) groups is 3. The Morgan fingerprint density at radius 3 is 1.90 bits per heavy atom. The summed E-state index contributed by atoms with van der Waals surface area (Å²) >= 11 is 0. The minimum absolute atomic E-state index is 0.0756. The molecule has 0 saturated heterocycles. The summed E-state index contributed by atoms with van der Waals surface area (Å²) in [6.45, 7) is 10.4. The first-order valence-corrected chi connectivity index (χ1v) is 9.75. The van der Waals surface area contributed by atoms with Crippen molar-refractivity contribution in [1.82, 2.24) is 9.80 Å². The van der Waals surface area contributed by atoms with Gasteiger partial charge in [0, 0.05) is 13.6 Å². The number of nitrogens with zero attached hydrogens (tertiary/aromatic N) is 2. The molecular formula is C21H34N2O6. The Hall–Kier alpha value is -2.51. The molecule has 0 fully saturated rings. The normalized spacial score (nSPS) is 14.0. The zero-order valence-corrected chi connectivity index (χ0v) is 18.6. The summed E-state index contributed by atoms with van der Waals surface area (Å²) in [7, 11) is 1.54. The number of imide groups is 1. The van der Waals surface area contributed by atoms with Crippen molar-refractivity contribution in [3.63, 3.8) is 0 Å². The van der Waals surface area contributed by atoms with Crippen molar-refractivity contribution in [3.8, 4) is 0 Å². The molecule has 0 radical (unpaired) electrons. The number of carbonyl (C=O) groups excluding carboxylic acids is 3. The molecule has 0 N–H and O–H groups in total. The van der Waals surface area contributed by atoms with Gasteiger partial charge in [-0.2, -0.15) is 0 Å². The van der Waals surface area contributed by atoms with Crippen LogP contribution in [-0.2, 0) is 14.2 Å². The minimum Gasteiger partial charge on any atom is -0.445 e. The van der Waals surface area contributed by atoms with E-state index in [-0.39, 0.29) is 19.7 Å². The van der Waals surface area contributed by atoms with Crippen LogP contribution in [0.3, 0.4) is 0 Å². The lowest BCUT2D eigenvalue weighted by atomic mass is 10.1. The van der Waals surface area contributed by atoms with Gasteiger partial charge < -0.3 is 19.1 Å². The Balaban J connectivity index is 2.67. The second-order valence-corrected chi connectivity index (χ2v) is 8.85. The standard InChI is InChI=1S/C21H34N2O6/c1-20(2,3)28-18(25)23(19(26)29-21(4,5)6)14-13-22(7)17(24)27-15-16-11-9-8-10-12-16/h9,11-12H,8,10,13-15H2,1-7H3. The molecule has 3 amide bonds. The van der Waals surface area contributed by atoms with Crippen LogP contribution in [0.4, 0.5) is 14.4 Å². The fraction of sp³-hybridized carbons (Fsp3) is 0.667. The van der Waals surface area contributed by atoms with Gasteiger partial charge in [-0.25, -0.2) is 19.3 Å². The molecule has 0 heterocycles. The van der Waals surface area contributed by atoms with Crippen molar-refractivity contribution in [3.05, 3.63) is 23.8 Å². The van der Waals surface area contributed by atoms with Crippen LogP contribution in [0.5, 0.6) is 0 Å². The third kappa shape index (κ3) is 10.0. The summed E-state index contributed by atoms with van der Waals surface area (Å²) < 4.78 is 15.9. The van der Waals surface area contributed by atoms with Gasteiger partial charge >= 0.3 is 18.3 Å². The largest absolute Gasteiger partial charge is 0.445 e. The quantitative estimate of drug-likeness (QED) is 0.620. The molecule has 0 aromatic heterocycles. The van der Waals surface area contributed by atoms with E-state index in [0.29, 0.717) is 0 Å². The van der Waals surface area contributed by atoms with Crippen molar-refractivity contribution >= 4 is 18.3 Å². The van der Waals surface area contributed by atoms with Crippen LogP contribution in [-0.4, -0.2) is 66.0 Å². The summed E-state index contributed by atoms with van der Waals surface area (Å²) in [5, 5.41) is 0. The van der Waals surface area contributed by atoms with Gasteiger partial charge in [-0.05, 0) is 60.0 Å². The molecule has 29 heavy (non-hydrogen) atoms. The fourth-order valence-corrected chi connectivity index (χ4v) is 2.26. The highest BCUT2D eigenvalue weighted by Crippen LogP contribution is 2.15. The molecule has 0 atom stereocenters. The number of ether oxygens (including phenoxy) is 3. The molecule has 0 aliphatic heterocycles. The summed E-state index contributed by atoms with van der Waals surface area (Å²) in [6.07, 6.45) is 5.72. The van der Waals surface area contributed by atoms with Crippen LogP contribution >= 0.6 is 0 Å². The highest BCUT2D eigenvalue weighted by atomic mass is 16.6. The highest BCUT2D eigenvalue weighted by molar-refractivity contribution is 5.88. The molecule has 164 valence electrons. The van der Waals surface area contributed by atoms with E-state index in [1.807, 2.05) is 18.2 Å². The van der Waals surface area contributed by atoms with E-state index in [1.165, 1.54) is 11.9 Å². The second-order valence-electron chi connectivity index (χ2n) is 8.85. The van der Waals surface area contributed by atoms with Gasteiger partial charge in [0.25, 0.3) is 0 Å². The van der Waals surface area contributed by atoms with Crippen LogP contribution in [0.1, 0.15) is 54.4 Å². The maximum atomic E-state index is 12.5. The first-order valence-electron chi connectivity index (χ1n) is 9.75. The van der Waals surface area contributed by atoms with Gasteiger partial charge in [-0.1, -0.05) is 18.2 Å². The predicted molar refractivity (Wildman–Crippen MR) is 110 cm³/mol. The second kappa shape index (κ2) is 10.3. The molecular weight excluding hydrogens is 376 g/mol. The van der Waals surface area contributed by atoms with Gasteiger partial charge in [0.2, 0.25) is 0 Å². The van der Waals surface area contributed by atoms with E-state index in [2.05, 4.69) is 0 Å². The first kappa shape index (κ1) is 24.5. The van der Waals surface area contributed by atoms with Crippen molar-refractivity contribution in [2.45, 2.75) is 65.6 Å². The minimum atomic E-state index is -0.828. The Labute approximate surface area is 173 Å². The van der Waals surface area contributed by atoms with Gasteiger partial charge in [-0.3, -0.25) is 0 Å². The molecule has 0 aromatic rings. The van der Waals surface area contributed by atoms with E-state index >= 15 is 0 Å². The van der Waals surface area contributed by atoms with Gasteiger partial charge in [0.1, 0.15) is 17.8 Å². The SMILES string of the molecule is CN(CCN(C(=O)OC(C)(C)C)C(=O)OC(C)(C)C)C(=O)OCC1=CCCC=C1.